The molecule has 0 radical (unpaired) electrons. The molecule has 0 unspecified atom stereocenters. The van der Waals surface area contributed by atoms with Crippen molar-refractivity contribution in [3.8, 4) is 0 Å². The van der Waals surface area contributed by atoms with E-state index >= 15 is 0 Å². The van der Waals surface area contributed by atoms with Crippen molar-refractivity contribution in [3.05, 3.63) is 35.9 Å². The molecule has 1 aromatic carbocycles. The number of rotatable bonds is 3. The van der Waals surface area contributed by atoms with Crippen LogP contribution in [0.15, 0.2) is 30.3 Å². The molecular formula is C14H22N2O2. The molecule has 1 amide bonds. The van der Waals surface area contributed by atoms with Crippen molar-refractivity contribution in [2.75, 3.05) is 13.1 Å². The normalized spacial score (nSPS) is 17.6. The van der Waals surface area contributed by atoms with E-state index in [9.17, 15) is 4.79 Å². The van der Waals surface area contributed by atoms with Crippen LogP contribution in [0, 0.1) is 0 Å². The van der Waals surface area contributed by atoms with Gasteiger partial charge >= 0.3 is 6.09 Å². The first kappa shape index (κ1) is 14.5. The first-order valence-electron chi connectivity index (χ1n) is 6.52. The zero-order valence-electron chi connectivity index (χ0n) is 11.1. The summed E-state index contributed by atoms with van der Waals surface area (Å²) in [5, 5.41) is 6.01. The second kappa shape index (κ2) is 8.53. The van der Waals surface area contributed by atoms with E-state index < -0.39 is 0 Å². The third kappa shape index (κ3) is 5.19. The van der Waals surface area contributed by atoms with Gasteiger partial charge in [-0.2, -0.15) is 0 Å². The molecule has 0 spiro atoms. The number of carbonyl (C=O) groups is 1. The molecule has 1 heterocycles. The number of nitrogens with one attached hydrogen (secondary N) is 2. The highest BCUT2D eigenvalue weighted by Gasteiger charge is 2.16. The van der Waals surface area contributed by atoms with Crippen LogP contribution in [0.2, 0.25) is 0 Å². The van der Waals surface area contributed by atoms with Gasteiger partial charge in [0.2, 0.25) is 0 Å². The second-order valence-electron chi connectivity index (χ2n) is 3.90. The highest BCUT2D eigenvalue weighted by molar-refractivity contribution is 5.67. The standard InChI is InChI=1S/C12H16N2O2.C2H6/c15-12(14-11-6-7-13-8-11)16-9-10-4-2-1-3-5-10;1-2/h1-5,11,13H,6-9H2,(H,14,15);1-2H3/t11-;/m0./s1. The van der Waals surface area contributed by atoms with Gasteiger partial charge in [0.05, 0.1) is 0 Å². The van der Waals surface area contributed by atoms with Gasteiger partial charge in [-0.15, -0.1) is 0 Å². The largest absolute Gasteiger partial charge is 0.445 e. The number of alkyl carbamates (subject to hydrolysis) is 1. The van der Waals surface area contributed by atoms with Crippen molar-refractivity contribution in [3.63, 3.8) is 0 Å². The van der Waals surface area contributed by atoms with Gasteiger partial charge in [0.1, 0.15) is 6.61 Å². The third-order valence-corrected chi connectivity index (χ3v) is 2.60. The Balaban J connectivity index is 0.000000771. The van der Waals surface area contributed by atoms with Gasteiger partial charge < -0.3 is 15.4 Å². The van der Waals surface area contributed by atoms with Crippen LogP contribution in [-0.4, -0.2) is 25.2 Å². The van der Waals surface area contributed by atoms with Crippen LogP contribution in [0.4, 0.5) is 4.79 Å². The molecule has 1 atom stereocenters. The second-order valence-corrected chi connectivity index (χ2v) is 3.90. The quantitative estimate of drug-likeness (QED) is 0.865. The van der Waals surface area contributed by atoms with Gasteiger partial charge in [-0.3, -0.25) is 0 Å². The Labute approximate surface area is 109 Å². The summed E-state index contributed by atoms with van der Waals surface area (Å²) in [5.41, 5.74) is 1.00. The number of hydrogen-bond donors (Lipinski definition) is 2. The lowest BCUT2D eigenvalue weighted by molar-refractivity contribution is 0.136. The molecule has 1 aromatic rings. The summed E-state index contributed by atoms with van der Waals surface area (Å²) in [6.07, 6.45) is 0.637. The zero-order chi connectivity index (χ0) is 13.2. The Morgan fingerprint density at radius 1 is 1.39 bits per heavy atom. The van der Waals surface area contributed by atoms with Crippen molar-refractivity contribution in [1.82, 2.24) is 10.6 Å². The summed E-state index contributed by atoms with van der Waals surface area (Å²) >= 11 is 0. The van der Waals surface area contributed by atoms with Crippen LogP contribution < -0.4 is 10.6 Å². The topological polar surface area (TPSA) is 50.4 Å². The lowest BCUT2D eigenvalue weighted by Crippen LogP contribution is -2.36. The highest BCUT2D eigenvalue weighted by atomic mass is 16.5. The predicted molar refractivity (Wildman–Crippen MR) is 72.4 cm³/mol. The minimum atomic E-state index is -0.336. The van der Waals surface area contributed by atoms with Crippen LogP contribution in [0.25, 0.3) is 0 Å². The molecule has 4 heteroatoms. The maximum absolute atomic E-state index is 11.4. The van der Waals surface area contributed by atoms with E-state index in [4.69, 9.17) is 4.74 Å². The average Bonchev–Trinajstić information content (AvgIpc) is 2.93. The van der Waals surface area contributed by atoms with Gasteiger partial charge in [-0.25, -0.2) is 4.79 Å². The lowest BCUT2D eigenvalue weighted by Gasteiger charge is -2.11. The van der Waals surface area contributed by atoms with Gasteiger partial charge in [0.25, 0.3) is 0 Å². The fraction of sp³-hybridized carbons (Fsp3) is 0.500. The third-order valence-electron chi connectivity index (χ3n) is 2.60. The first-order valence-corrected chi connectivity index (χ1v) is 6.52. The predicted octanol–water partition coefficient (Wildman–Crippen LogP) is 2.30. The molecule has 0 saturated carbocycles. The SMILES string of the molecule is CC.O=C(N[C@H]1CCNC1)OCc1ccccc1. The monoisotopic (exact) mass is 250 g/mol. The van der Waals surface area contributed by atoms with Crippen molar-refractivity contribution in [2.24, 2.45) is 0 Å². The summed E-state index contributed by atoms with van der Waals surface area (Å²) in [4.78, 5) is 11.4. The zero-order valence-corrected chi connectivity index (χ0v) is 11.1. The van der Waals surface area contributed by atoms with Crippen LogP contribution >= 0.6 is 0 Å². The van der Waals surface area contributed by atoms with Crippen molar-refractivity contribution >= 4 is 6.09 Å². The van der Waals surface area contributed by atoms with Crippen LogP contribution in [-0.2, 0) is 11.3 Å². The van der Waals surface area contributed by atoms with Crippen molar-refractivity contribution < 1.29 is 9.53 Å². The minimum Gasteiger partial charge on any atom is -0.445 e. The Morgan fingerprint density at radius 3 is 2.72 bits per heavy atom. The van der Waals surface area contributed by atoms with Crippen LogP contribution in [0.1, 0.15) is 25.8 Å². The summed E-state index contributed by atoms with van der Waals surface area (Å²) in [7, 11) is 0. The first-order chi connectivity index (χ1) is 8.84. The molecule has 1 fully saturated rings. The summed E-state index contributed by atoms with van der Waals surface area (Å²) in [6.45, 7) is 6.12. The van der Waals surface area contributed by atoms with Gasteiger partial charge in [0, 0.05) is 12.6 Å². The van der Waals surface area contributed by atoms with E-state index in [0.717, 1.165) is 25.1 Å². The number of benzene rings is 1. The van der Waals surface area contributed by atoms with E-state index in [1.54, 1.807) is 0 Å². The summed E-state index contributed by atoms with van der Waals surface area (Å²) in [5.74, 6) is 0. The molecule has 0 aliphatic carbocycles. The molecule has 2 rings (SSSR count). The van der Waals surface area contributed by atoms with E-state index in [1.807, 2.05) is 44.2 Å². The molecule has 0 aromatic heterocycles. The minimum absolute atomic E-state index is 0.211. The smallest absolute Gasteiger partial charge is 0.407 e. The fourth-order valence-electron chi connectivity index (χ4n) is 1.71. The maximum atomic E-state index is 11.4. The Kier molecular flexibility index (Phi) is 6.87. The number of carbonyl (C=O) groups excluding carboxylic acids is 1. The van der Waals surface area contributed by atoms with Gasteiger partial charge in [-0.05, 0) is 18.5 Å². The maximum Gasteiger partial charge on any atom is 0.407 e. The molecule has 4 nitrogen and oxygen atoms in total. The summed E-state index contributed by atoms with van der Waals surface area (Å²) < 4.78 is 5.11. The van der Waals surface area contributed by atoms with Crippen LogP contribution in [0.5, 0.6) is 0 Å². The van der Waals surface area contributed by atoms with Crippen molar-refractivity contribution in [1.29, 1.82) is 0 Å². The van der Waals surface area contributed by atoms with Crippen LogP contribution in [0.3, 0.4) is 0 Å². The summed E-state index contributed by atoms with van der Waals surface area (Å²) in [6, 6.07) is 9.88. The highest BCUT2D eigenvalue weighted by Crippen LogP contribution is 2.02. The van der Waals surface area contributed by atoms with Crippen molar-refractivity contribution in [2.45, 2.75) is 32.9 Å². The Hall–Kier alpha value is -1.55. The van der Waals surface area contributed by atoms with E-state index in [0.29, 0.717) is 6.61 Å². The molecule has 1 aliphatic rings. The lowest BCUT2D eigenvalue weighted by atomic mass is 10.2. The molecule has 18 heavy (non-hydrogen) atoms. The number of hydrogen-bond acceptors (Lipinski definition) is 3. The van der Waals surface area contributed by atoms with E-state index in [-0.39, 0.29) is 12.1 Å². The Morgan fingerprint density at radius 2 is 2.11 bits per heavy atom. The number of ether oxygens (including phenoxy) is 1. The molecule has 1 saturated heterocycles. The molecule has 100 valence electrons. The average molecular weight is 250 g/mol. The number of amides is 1. The molecule has 2 N–H and O–H groups in total. The molecular weight excluding hydrogens is 228 g/mol. The van der Waals surface area contributed by atoms with Gasteiger partial charge in [0.15, 0.2) is 0 Å². The van der Waals surface area contributed by atoms with E-state index in [1.165, 1.54) is 0 Å². The molecule has 0 bridgehead atoms. The fourth-order valence-corrected chi connectivity index (χ4v) is 1.71. The van der Waals surface area contributed by atoms with Gasteiger partial charge in [-0.1, -0.05) is 44.2 Å². The Bertz CT molecular complexity index is 335. The molecule has 1 aliphatic heterocycles. The van der Waals surface area contributed by atoms with E-state index in [2.05, 4.69) is 10.6 Å².